The van der Waals surface area contributed by atoms with Gasteiger partial charge in [0.2, 0.25) is 0 Å². The monoisotopic (exact) mass is 255 g/mol. The molecule has 2 nitrogen and oxygen atoms in total. The Morgan fingerprint density at radius 2 is 2.36 bits per heavy atom. The highest BCUT2D eigenvalue weighted by Crippen LogP contribution is 2.33. The minimum atomic E-state index is 0.190. The van der Waals surface area contributed by atoms with Crippen LogP contribution in [-0.2, 0) is 6.42 Å². The van der Waals surface area contributed by atoms with E-state index in [9.17, 15) is 0 Å². The Hall–Kier alpha value is -0.540. The highest BCUT2D eigenvalue weighted by molar-refractivity contribution is 9.10. The Balaban J connectivity index is 2.29. The summed E-state index contributed by atoms with van der Waals surface area (Å²) in [6.07, 6.45) is 1.01. The van der Waals surface area contributed by atoms with Gasteiger partial charge in [-0.15, -0.1) is 0 Å². The van der Waals surface area contributed by atoms with Crippen LogP contribution in [-0.4, -0.2) is 12.6 Å². The number of hydrogen-bond acceptors (Lipinski definition) is 2. The molecular formula is C11H14BrNO. The predicted molar refractivity (Wildman–Crippen MR) is 60.5 cm³/mol. The van der Waals surface area contributed by atoms with E-state index in [1.807, 2.05) is 25.1 Å². The Bertz CT molecular complexity index is 338. The summed E-state index contributed by atoms with van der Waals surface area (Å²) in [6.45, 7) is 2.77. The van der Waals surface area contributed by atoms with Gasteiger partial charge in [0, 0.05) is 22.0 Å². The van der Waals surface area contributed by atoms with Gasteiger partial charge in [-0.05, 0) is 25.5 Å². The second kappa shape index (κ2) is 3.91. The summed E-state index contributed by atoms with van der Waals surface area (Å²) >= 11 is 3.54. The largest absolute Gasteiger partial charge is 0.493 e. The molecule has 76 valence electrons. The van der Waals surface area contributed by atoms with E-state index in [-0.39, 0.29) is 6.04 Å². The molecule has 0 amide bonds. The third kappa shape index (κ3) is 1.79. The van der Waals surface area contributed by atoms with Gasteiger partial charge in [0.25, 0.3) is 0 Å². The van der Waals surface area contributed by atoms with Crippen LogP contribution in [0, 0.1) is 5.92 Å². The summed E-state index contributed by atoms with van der Waals surface area (Å²) in [5.41, 5.74) is 7.13. The van der Waals surface area contributed by atoms with Crippen LogP contribution in [0.4, 0.5) is 0 Å². The van der Waals surface area contributed by atoms with E-state index in [2.05, 4.69) is 15.9 Å². The van der Waals surface area contributed by atoms with Crippen molar-refractivity contribution in [2.75, 3.05) is 6.61 Å². The highest BCUT2D eigenvalue weighted by Gasteiger charge is 2.23. The lowest BCUT2D eigenvalue weighted by atomic mass is 9.92. The average Bonchev–Trinajstić information content (AvgIpc) is 2.18. The Kier molecular flexibility index (Phi) is 2.79. The Morgan fingerprint density at radius 3 is 3.07 bits per heavy atom. The van der Waals surface area contributed by atoms with Crippen molar-refractivity contribution >= 4 is 15.9 Å². The molecule has 0 fully saturated rings. The van der Waals surface area contributed by atoms with E-state index in [1.54, 1.807) is 0 Å². The zero-order chi connectivity index (χ0) is 10.1. The lowest BCUT2D eigenvalue weighted by molar-refractivity contribution is 0.204. The van der Waals surface area contributed by atoms with Crippen LogP contribution < -0.4 is 10.5 Å². The van der Waals surface area contributed by atoms with Gasteiger partial charge in [0.05, 0.1) is 6.61 Å². The third-order valence-corrected chi connectivity index (χ3v) is 3.48. The van der Waals surface area contributed by atoms with Crippen molar-refractivity contribution in [2.24, 2.45) is 11.7 Å². The molecule has 1 heterocycles. The van der Waals surface area contributed by atoms with Crippen LogP contribution >= 0.6 is 15.9 Å². The van der Waals surface area contributed by atoms with Gasteiger partial charge in [-0.2, -0.15) is 0 Å². The van der Waals surface area contributed by atoms with Gasteiger partial charge in [-0.25, -0.2) is 0 Å². The molecule has 2 unspecified atom stereocenters. The molecule has 0 aromatic heterocycles. The molecule has 0 aliphatic carbocycles. The van der Waals surface area contributed by atoms with Crippen LogP contribution in [0.1, 0.15) is 12.5 Å². The maximum atomic E-state index is 5.88. The lowest BCUT2D eigenvalue weighted by Gasteiger charge is -2.28. The van der Waals surface area contributed by atoms with Crippen molar-refractivity contribution in [1.82, 2.24) is 0 Å². The molecule has 2 rings (SSSR count). The first-order valence-electron chi connectivity index (χ1n) is 4.84. The number of hydrogen-bond donors (Lipinski definition) is 1. The second-order valence-electron chi connectivity index (χ2n) is 3.85. The molecule has 0 saturated carbocycles. The predicted octanol–water partition coefficient (Wildman–Crippen LogP) is 2.35. The maximum absolute atomic E-state index is 5.88. The molecule has 3 heteroatoms. The Morgan fingerprint density at radius 1 is 1.57 bits per heavy atom. The fraction of sp³-hybridized carbons (Fsp3) is 0.455. The van der Waals surface area contributed by atoms with E-state index in [4.69, 9.17) is 10.5 Å². The quantitative estimate of drug-likeness (QED) is 0.837. The molecule has 1 aromatic rings. The molecule has 0 radical (unpaired) electrons. The first kappa shape index (κ1) is 9.99. The number of nitrogens with two attached hydrogens (primary N) is 1. The summed E-state index contributed by atoms with van der Waals surface area (Å²) < 4.78 is 6.79. The fourth-order valence-electron chi connectivity index (χ4n) is 1.73. The molecule has 0 bridgehead atoms. The molecule has 1 aliphatic rings. The van der Waals surface area contributed by atoms with Crippen molar-refractivity contribution in [2.45, 2.75) is 19.4 Å². The van der Waals surface area contributed by atoms with E-state index >= 15 is 0 Å². The van der Waals surface area contributed by atoms with Crippen LogP contribution in [0.2, 0.25) is 0 Å². The summed E-state index contributed by atoms with van der Waals surface area (Å²) in [5.74, 6) is 1.43. The van der Waals surface area contributed by atoms with Gasteiger partial charge in [-0.1, -0.05) is 22.0 Å². The molecule has 2 atom stereocenters. The topological polar surface area (TPSA) is 35.2 Å². The van der Waals surface area contributed by atoms with Gasteiger partial charge < -0.3 is 10.5 Å². The number of ether oxygens (including phenoxy) is 1. The molecule has 0 saturated heterocycles. The Labute approximate surface area is 92.6 Å². The first-order valence-corrected chi connectivity index (χ1v) is 5.63. The van der Waals surface area contributed by atoms with Gasteiger partial charge in [0.1, 0.15) is 5.75 Å². The van der Waals surface area contributed by atoms with Crippen molar-refractivity contribution < 1.29 is 4.74 Å². The normalized spacial score (nSPS) is 22.4. The summed E-state index contributed by atoms with van der Waals surface area (Å²) in [5, 5.41) is 0. The molecule has 1 aromatic carbocycles. The van der Waals surface area contributed by atoms with Crippen LogP contribution in [0.15, 0.2) is 22.7 Å². The van der Waals surface area contributed by atoms with Crippen LogP contribution in [0.25, 0.3) is 0 Å². The first-order chi connectivity index (χ1) is 6.68. The van der Waals surface area contributed by atoms with Crippen molar-refractivity contribution in [3.8, 4) is 5.75 Å². The smallest absolute Gasteiger partial charge is 0.123 e. The third-order valence-electron chi connectivity index (χ3n) is 2.74. The van der Waals surface area contributed by atoms with Gasteiger partial charge in [-0.3, -0.25) is 0 Å². The lowest BCUT2D eigenvalue weighted by Crippen LogP contribution is -2.35. The zero-order valence-electron chi connectivity index (χ0n) is 8.16. The number of halogens is 1. The minimum Gasteiger partial charge on any atom is -0.493 e. The SMILES string of the molecule is CC(N)C1COc2cccc(Br)c2C1. The fourth-order valence-corrected chi connectivity index (χ4v) is 2.24. The average molecular weight is 256 g/mol. The van der Waals surface area contributed by atoms with Gasteiger partial charge in [0.15, 0.2) is 0 Å². The van der Waals surface area contributed by atoms with E-state index in [0.717, 1.165) is 23.2 Å². The van der Waals surface area contributed by atoms with E-state index < -0.39 is 0 Å². The van der Waals surface area contributed by atoms with Crippen LogP contribution in [0.3, 0.4) is 0 Å². The van der Waals surface area contributed by atoms with Crippen LogP contribution in [0.5, 0.6) is 5.75 Å². The molecule has 0 spiro atoms. The minimum absolute atomic E-state index is 0.190. The molecular weight excluding hydrogens is 242 g/mol. The van der Waals surface area contributed by atoms with Crippen molar-refractivity contribution in [1.29, 1.82) is 0 Å². The van der Waals surface area contributed by atoms with E-state index in [0.29, 0.717) is 5.92 Å². The molecule has 14 heavy (non-hydrogen) atoms. The summed E-state index contributed by atoms with van der Waals surface area (Å²) in [7, 11) is 0. The molecule has 2 N–H and O–H groups in total. The number of fused-ring (bicyclic) bond motifs is 1. The van der Waals surface area contributed by atoms with Crippen molar-refractivity contribution in [3.63, 3.8) is 0 Å². The van der Waals surface area contributed by atoms with Gasteiger partial charge >= 0.3 is 0 Å². The zero-order valence-corrected chi connectivity index (χ0v) is 9.75. The second-order valence-corrected chi connectivity index (χ2v) is 4.71. The molecule has 1 aliphatic heterocycles. The maximum Gasteiger partial charge on any atom is 0.123 e. The standard InChI is InChI=1S/C11H14BrNO/c1-7(13)8-5-9-10(12)3-2-4-11(9)14-6-8/h2-4,7-8H,5-6,13H2,1H3. The summed E-state index contributed by atoms with van der Waals surface area (Å²) in [4.78, 5) is 0. The van der Waals surface area contributed by atoms with E-state index in [1.165, 1.54) is 5.56 Å². The number of rotatable bonds is 1. The van der Waals surface area contributed by atoms with Crippen molar-refractivity contribution in [3.05, 3.63) is 28.2 Å². The number of benzene rings is 1. The summed E-state index contributed by atoms with van der Waals surface area (Å²) in [6, 6.07) is 6.24. The highest BCUT2D eigenvalue weighted by atomic mass is 79.9.